The molecule has 0 aromatic heterocycles. The van der Waals surface area contributed by atoms with Crippen LogP contribution in [0.25, 0.3) is 0 Å². The molecule has 0 aromatic rings. The zero-order valence-corrected chi connectivity index (χ0v) is 12.9. The fourth-order valence-electron chi connectivity index (χ4n) is 2.32. The Morgan fingerprint density at radius 3 is 1.68 bits per heavy atom. The van der Waals surface area contributed by atoms with Crippen LogP contribution in [-0.2, 0) is 19.1 Å². The number of hydrogen-bond acceptors (Lipinski definition) is 6. The molecule has 0 amide bonds. The number of carbonyl (C=O) groups is 2. The van der Waals surface area contributed by atoms with Crippen LogP contribution in [0.1, 0.15) is 44.9 Å². The van der Waals surface area contributed by atoms with E-state index in [2.05, 4.69) is 13.2 Å². The van der Waals surface area contributed by atoms with Gasteiger partial charge in [-0.15, -0.1) is 0 Å². The van der Waals surface area contributed by atoms with Crippen molar-refractivity contribution in [2.45, 2.75) is 44.9 Å². The first kappa shape index (κ1) is 20.0. The highest BCUT2D eigenvalue weighted by molar-refractivity contribution is 5.79. The van der Waals surface area contributed by atoms with Gasteiger partial charge in [-0.05, 0) is 44.9 Å². The van der Waals surface area contributed by atoms with Crippen LogP contribution in [0.2, 0.25) is 0 Å². The fourth-order valence-corrected chi connectivity index (χ4v) is 2.32. The lowest BCUT2D eigenvalue weighted by Crippen LogP contribution is -2.46. The van der Waals surface area contributed by atoms with E-state index in [1.807, 2.05) is 0 Å². The second-order valence-electron chi connectivity index (χ2n) is 5.11. The zero-order valence-electron chi connectivity index (χ0n) is 12.9. The lowest BCUT2D eigenvalue weighted by molar-refractivity contribution is -0.329. The summed E-state index contributed by atoms with van der Waals surface area (Å²) >= 11 is 0. The quantitative estimate of drug-likeness (QED) is 0.323. The Bertz CT molecular complexity index is 346. The molecule has 0 radical (unpaired) electrons. The van der Waals surface area contributed by atoms with Gasteiger partial charge < -0.3 is 29.3 Å². The van der Waals surface area contributed by atoms with Gasteiger partial charge in [0.2, 0.25) is 0 Å². The number of unbranched alkanes of at least 4 members (excludes halogenated alkanes) is 2. The van der Waals surface area contributed by atoms with E-state index < -0.39 is 23.8 Å². The van der Waals surface area contributed by atoms with E-state index in [0.717, 1.165) is 0 Å². The van der Waals surface area contributed by atoms with Gasteiger partial charge in [-0.3, -0.25) is 0 Å². The van der Waals surface area contributed by atoms with E-state index in [-0.39, 0.29) is 12.8 Å². The fraction of sp³-hybridized carbons (Fsp3) is 0.625. The van der Waals surface area contributed by atoms with Crippen molar-refractivity contribution in [2.75, 3.05) is 13.2 Å². The van der Waals surface area contributed by atoms with Crippen LogP contribution >= 0.6 is 0 Å². The molecular weight excluding hydrogens is 288 g/mol. The molecule has 0 atom stereocenters. The summed E-state index contributed by atoms with van der Waals surface area (Å²) in [6.45, 7) is 7.66. The van der Waals surface area contributed by atoms with Crippen molar-refractivity contribution in [2.24, 2.45) is 5.41 Å². The third kappa shape index (κ3) is 8.34. The Morgan fingerprint density at radius 1 is 0.909 bits per heavy atom. The Labute approximate surface area is 131 Å². The monoisotopic (exact) mass is 312 g/mol. The van der Waals surface area contributed by atoms with Crippen LogP contribution in [0.15, 0.2) is 25.7 Å². The number of carbonyl (C=O) groups excluding carboxylic acids is 2. The van der Waals surface area contributed by atoms with Gasteiger partial charge in [0.1, 0.15) is 0 Å². The summed E-state index contributed by atoms with van der Waals surface area (Å²) in [7, 11) is 0. The molecule has 0 aliphatic rings. The molecule has 6 nitrogen and oxygen atoms in total. The Morgan fingerprint density at radius 2 is 1.36 bits per heavy atom. The normalized spacial score (nSPS) is 10.7. The summed E-state index contributed by atoms with van der Waals surface area (Å²) in [6.07, 6.45) is 4.80. The van der Waals surface area contributed by atoms with Gasteiger partial charge in [-0.1, -0.05) is 13.2 Å². The minimum atomic E-state index is -1.40. The van der Waals surface area contributed by atoms with E-state index in [1.54, 1.807) is 0 Å². The first-order valence-electron chi connectivity index (χ1n) is 7.35. The molecule has 126 valence electrons. The van der Waals surface area contributed by atoms with Crippen molar-refractivity contribution in [3.05, 3.63) is 25.7 Å². The molecule has 0 unspecified atom stereocenters. The molecule has 0 aliphatic carbocycles. The van der Waals surface area contributed by atoms with Crippen molar-refractivity contribution in [3.8, 4) is 0 Å². The minimum absolute atomic E-state index is 0.214. The molecule has 0 heterocycles. The summed E-state index contributed by atoms with van der Waals surface area (Å²) in [5, 5.41) is 22.4. The summed E-state index contributed by atoms with van der Waals surface area (Å²) in [4.78, 5) is 22.4. The smallest absolute Gasteiger partial charge is 0.0873 e. The van der Waals surface area contributed by atoms with Crippen LogP contribution in [0, 0.1) is 5.41 Å². The molecule has 0 bridgehead atoms. The Balaban J connectivity index is 4.55. The van der Waals surface area contributed by atoms with Crippen molar-refractivity contribution in [1.82, 2.24) is 0 Å². The predicted octanol–water partition coefficient (Wildman–Crippen LogP) is 0.524. The molecule has 0 spiro atoms. The highest BCUT2D eigenvalue weighted by atomic mass is 16.5. The van der Waals surface area contributed by atoms with E-state index in [9.17, 15) is 19.8 Å². The number of aliphatic carboxylic acids is 2. The molecule has 6 heteroatoms. The van der Waals surface area contributed by atoms with Crippen molar-refractivity contribution in [1.29, 1.82) is 0 Å². The zero-order chi connectivity index (χ0) is 16.8. The predicted molar refractivity (Wildman–Crippen MR) is 77.1 cm³/mol. The van der Waals surface area contributed by atoms with Crippen LogP contribution in [-0.4, -0.2) is 25.2 Å². The van der Waals surface area contributed by atoms with Crippen LogP contribution < -0.4 is 10.2 Å². The molecule has 0 aliphatic heterocycles. The third-order valence-corrected chi connectivity index (χ3v) is 3.49. The largest absolute Gasteiger partial charge is 0.550 e. The van der Waals surface area contributed by atoms with E-state index in [0.29, 0.717) is 38.9 Å². The van der Waals surface area contributed by atoms with E-state index >= 15 is 0 Å². The van der Waals surface area contributed by atoms with E-state index in [4.69, 9.17) is 9.47 Å². The molecule has 0 saturated heterocycles. The highest BCUT2D eigenvalue weighted by Crippen LogP contribution is 2.34. The number of rotatable bonds is 15. The maximum absolute atomic E-state index is 11.5. The molecule has 22 heavy (non-hydrogen) atoms. The van der Waals surface area contributed by atoms with Crippen LogP contribution in [0.5, 0.6) is 0 Å². The van der Waals surface area contributed by atoms with Gasteiger partial charge in [0.15, 0.2) is 0 Å². The average Bonchev–Trinajstić information content (AvgIpc) is 2.45. The molecule has 0 N–H and O–H groups in total. The highest BCUT2D eigenvalue weighted by Gasteiger charge is 2.31. The van der Waals surface area contributed by atoms with Crippen LogP contribution in [0.4, 0.5) is 0 Å². The van der Waals surface area contributed by atoms with E-state index in [1.165, 1.54) is 12.5 Å². The van der Waals surface area contributed by atoms with Crippen molar-refractivity contribution in [3.63, 3.8) is 0 Å². The molecule has 0 aromatic carbocycles. The minimum Gasteiger partial charge on any atom is -0.550 e. The van der Waals surface area contributed by atoms with Gasteiger partial charge in [0, 0.05) is 17.4 Å². The first-order valence-corrected chi connectivity index (χ1v) is 7.35. The first-order chi connectivity index (χ1) is 10.5. The number of hydrogen-bond donors (Lipinski definition) is 0. The van der Waals surface area contributed by atoms with Gasteiger partial charge >= 0.3 is 0 Å². The van der Waals surface area contributed by atoms with Gasteiger partial charge in [0.25, 0.3) is 0 Å². The number of carboxylic acids is 2. The van der Waals surface area contributed by atoms with Gasteiger partial charge in [-0.2, -0.15) is 0 Å². The summed E-state index contributed by atoms with van der Waals surface area (Å²) in [5.74, 6) is -2.72. The van der Waals surface area contributed by atoms with Gasteiger partial charge in [-0.25, -0.2) is 0 Å². The maximum Gasteiger partial charge on any atom is 0.0873 e. The van der Waals surface area contributed by atoms with Crippen LogP contribution in [0.3, 0.4) is 0 Å². The standard InChI is InChI=1S/C16H26O6/c1-3-21-11-7-5-9-16(15(19)20,13-14(17)18)10-6-8-12-22-4-2/h3-4H,1-2,5-13H2,(H,17,18)(H,19,20)/p-2. The molecule has 0 fully saturated rings. The molecule has 0 rings (SSSR count). The molecule has 0 saturated carbocycles. The topological polar surface area (TPSA) is 98.7 Å². The average molecular weight is 312 g/mol. The number of ether oxygens (including phenoxy) is 2. The van der Waals surface area contributed by atoms with Gasteiger partial charge in [0.05, 0.1) is 25.7 Å². The summed E-state index contributed by atoms with van der Waals surface area (Å²) in [5.41, 5.74) is -1.40. The second-order valence-corrected chi connectivity index (χ2v) is 5.11. The number of carboxylic acid groups (broad SMARTS) is 2. The lowest BCUT2D eigenvalue weighted by Gasteiger charge is -2.35. The summed E-state index contributed by atoms with van der Waals surface area (Å²) in [6, 6.07) is 0. The summed E-state index contributed by atoms with van der Waals surface area (Å²) < 4.78 is 9.92. The van der Waals surface area contributed by atoms with Crippen molar-refractivity contribution >= 4 is 11.9 Å². The Kier molecular flexibility index (Phi) is 10.6. The SMILES string of the molecule is C=COCCCCC(CCCCOC=C)(CC(=O)[O-])C(=O)[O-]. The van der Waals surface area contributed by atoms with Crippen molar-refractivity contribution < 1.29 is 29.3 Å². The maximum atomic E-state index is 11.5. The third-order valence-electron chi connectivity index (χ3n) is 3.49. The Hall–Kier alpha value is -1.98. The second kappa shape index (κ2) is 11.7. The lowest BCUT2D eigenvalue weighted by atomic mass is 9.75. The molecular formula is C16H24O6-2.